The van der Waals surface area contributed by atoms with E-state index in [9.17, 15) is 0 Å². The van der Waals surface area contributed by atoms with Crippen molar-refractivity contribution < 1.29 is 0 Å². The van der Waals surface area contributed by atoms with Crippen LogP contribution in [0, 0.1) is 16.7 Å². The lowest BCUT2D eigenvalue weighted by atomic mass is 9.68. The molecule has 0 spiro atoms. The maximum atomic E-state index is 3.99. The van der Waals surface area contributed by atoms with E-state index < -0.39 is 0 Å². The molecule has 1 unspecified atom stereocenters. The van der Waals surface area contributed by atoms with Gasteiger partial charge in [0.25, 0.3) is 0 Å². The van der Waals surface area contributed by atoms with Crippen LogP contribution < -0.4 is 5.32 Å². The highest BCUT2D eigenvalue weighted by Gasteiger charge is 2.58. The SMILES string of the molecule is C=C(C)CNC1C(C)(C)[C@H]2CC[C@]1(C)C2. The van der Waals surface area contributed by atoms with Crippen LogP contribution in [0.2, 0.25) is 0 Å². The Morgan fingerprint density at radius 2 is 2.07 bits per heavy atom. The molecule has 0 aliphatic heterocycles. The van der Waals surface area contributed by atoms with Crippen LogP contribution in [0.4, 0.5) is 0 Å². The van der Waals surface area contributed by atoms with Crippen LogP contribution in [-0.2, 0) is 0 Å². The first kappa shape index (κ1) is 11.2. The highest BCUT2D eigenvalue weighted by atomic mass is 15.0. The van der Waals surface area contributed by atoms with Crippen LogP contribution in [0.3, 0.4) is 0 Å². The van der Waals surface area contributed by atoms with Crippen molar-refractivity contribution in [2.45, 2.75) is 53.0 Å². The van der Waals surface area contributed by atoms with Gasteiger partial charge in [-0.05, 0) is 42.9 Å². The smallest absolute Gasteiger partial charge is 0.0178 e. The van der Waals surface area contributed by atoms with Crippen molar-refractivity contribution in [2.75, 3.05) is 6.54 Å². The van der Waals surface area contributed by atoms with E-state index in [1.165, 1.54) is 24.8 Å². The number of hydrogen-bond acceptors (Lipinski definition) is 1. The Morgan fingerprint density at radius 1 is 1.40 bits per heavy atom. The monoisotopic (exact) mass is 207 g/mol. The summed E-state index contributed by atoms with van der Waals surface area (Å²) in [6, 6.07) is 0.681. The van der Waals surface area contributed by atoms with E-state index in [1.54, 1.807) is 0 Å². The first-order valence-corrected chi connectivity index (χ1v) is 6.24. The van der Waals surface area contributed by atoms with Gasteiger partial charge in [0, 0.05) is 12.6 Å². The average Bonchev–Trinajstić information content (AvgIpc) is 2.54. The van der Waals surface area contributed by atoms with Gasteiger partial charge in [-0.25, -0.2) is 0 Å². The normalized spacial score (nSPS) is 42.1. The highest BCUT2D eigenvalue weighted by Crippen LogP contribution is 2.62. The predicted octanol–water partition coefficient (Wildman–Crippen LogP) is 3.37. The molecule has 1 N–H and O–H groups in total. The predicted molar refractivity (Wildman–Crippen MR) is 65.8 cm³/mol. The van der Waals surface area contributed by atoms with Gasteiger partial charge in [-0.15, -0.1) is 0 Å². The number of rotatable bonds is 3. The highest BCUT2D eigenvalue weighted by molar-refractivity contribution is 5.12. The summed E-state index contributed by atoms with van der Waals surface area (Å²) in [6.07, 6.45) is 4.28. The van der Waals surface area contributed by atoms with Gasteiger partial charge >= 0.3 is 0 Å². The van der Waals surface area contributed by atoms with Gasteiger partial charge in [-0.3, -0.25) is 0 Å². The first-order chi connectivity index (χ1) is 6.86. The minimum Gasteiger partial charge on any atom is -0.309 e. The summed E-state index contributed by atoms with van der Waals surface area (Å²) >= 11 is 0. The molecule has 0 aromatic carbocycles. The summed E-state index contributed by atoms with van der Waals surface area (Å²) < 4.78 is 0. The molecule has 1 nitrogen and oxygen atoms in total. The van der Waals surface area contributed by atoms with Crippen LogP contribution in [-0.4, -0.2) is 12.6 Å². The number of hydrogen-bond donors (Lipinski definition) is 1. The van der Waals surface area contributed by atoms with E-state index in [0.717, 1.165) is 12.5 Å². The van der Waals surface area contributed by atoms with Crippen LogP contribution in [0.1, 0.15) is 47.0 Å². The molecule has 2 bridgehead atoms. The third-order valence-corrected chi connectivity index (χ3v) is 4.88. The van der Waals surface area contributed by atoms with Gasteiger partial charge in [0.15, 0.2) is 0 Å². The molecule has 15 heavy (non-hydrogen) atoms. The quantitative estimate of drug-likeness (QED) is 0.700. The molecule has 0 aromatic rings. The van der Waals surface area contributed by atoms with Crippen LogP contribution in [0.5, 0.6) is 0 Å². The molecular weight excluding hydrogens is 182 g/mol. The summed E-state index contributed by atoms with van der Waals surface area (Å²) in [6.45, 7) is 14.4. The maximum absolute atomic E-state index is 3.99. The van der Waals surface area contributed by atoms with Crippen molar-refractivity contribution in [1.29, 1.82) is 0 Å². The van der Waals surface area contributed by atoms with Crippen LogP contribution in [0.15, 0.2) is 12.2 Å². The zero-order chi connectivity index (χ0) is 11.3. The fourth-order valence-corrected chi connectivity index (χ4v) is 4.09. The van der Waals surface area contributed by atoms with Gasteiger partial charge in [0.1, 0.15) is 0 Å². The molecule has 2 rings (SSSR count). The van der Waals surface area contributed by atoms with E-state index in [0.29, 0.717) is 16.9 Å². The van der Waals surface area contributed by atoms with E-state index in [1.807, 2.05) is 0 Å². The van der Waals surface area contributed by atoms with Crippen LogP contribution >= 0.6 is 0 Å². The average molecular weight is 207 g/mol. The number of nitrogens with one attached hydrogen (secondary N) is 1. The van der Waals surface area contributed by atoms with Crippen LogP contribution in [0.25, 0.3) is 0 Å². The largest absolute Gasteiger partial charge is 0.309 e. The van der Waals surface area contributed by atoms with Gasteiger partial charge in [0.05, 0.1) is 0 Å². The second kappa shape index (κ2) is 3.35. The first-order valence-electron chi connectivity index (χ1n) is 6.24. The summed E-state index contributed by atoms with van der Waals surface area (Å²) in [4.78, 5) is 0. The Morgan fingerprint density at radius 3 is 2.53 bits per heavy atom. The molecule has 2 saturated carbocycles. The van der Waals surface area contributed by atoms with Crippen molar-refractivity contribution in [3.05, 3.63) is 12.2 Å². The Labute approximate surface area is 94.3 Å². The Balaban J connectivity index is 2.12. The Kier molecular flexibility index (Phi) is 2.50. The third kappa shape index (κ3) is 1.65. The molecule has 0 radical (unpaired) electrons. The van der Waals surface area contributed by atoms with E-state index >= 15 is 0 Å². The third-order valence-electron chi connectivity index (χ3n) is 4.88. The molecule has 0 heterocycles. The molecule has 0 aromatic heterocycles. The lowest BCUT2D eigenvalue weighted by Gasteiger charge is -2.43. The summed E-state index contributed by atoms with van der Waals surface area (Å²) in [5.41, 5.74) is 2.27. The summed E-state index contributed by atoms with van der Waals surface area (Å²) in [5, 5.41) is 3.74. The van der Waals surface area contributed by atoms with E-state index in [-0.39, 0.29) is 0 Å². The Bertz CT molecular complexity index is 274. The molecule has 2 fully saturated rings. The molecule has 3 atom stereocenters. The summed E-state index contributed by atoms with van der Waals surface area (Å²) in [7, 11) is 0. The Hall–Kier alpha value is -0.300. The standard InChI is InChI=1S/C14H25N/c1-10(2)9-15-12-13(3,4)11-6-7-14(12,5)8-11/h11-12,15H,1,6-9H2,2-5H3/t11-,12?,14+/m0/s1. The fraction of sp³-hybridized carbons (Fsp3) is 0.857. The van der Waals surface area contributed by atoms with Crippen molar-refractivity contribution >= 4 is 0 Å². The lowest BCUT2D eigenvalue weighted by molar-refractivity contribution is 0.112. The molecule has 2 aliphatic carbocycles. The van der Waals surface area contributed by atoms with Crippen molar-refractivity contribution in [1.82, 2.24) is 5.32 Å². The van der Waals surface area contributed by atoms with Crippen molar-refractivity contribution in [3.8, 4) is 0 Å². The number of fused-ring (bicyclic) bond motifs is 2. The van der Waals surface area contributed by atoms with Gasteiger partial charge in [0.2, 0.25) is 0 Å². The molecule has 0 saturated heterocycles. The topological polar surface area (TPSA) is 12.0 Å². The molecular formula is C14H25N. The molecule has 2 aliphatic rings. The fourth-order valence-electron chi connectivity index (χ4n) is 4.09. The lowest BCUT2D eigenvalue weighted by Crippen LogP contribution is -2.50. The zero-order valence-corrected chi connectivity index (χ0v) is 10.7. The van der Waals surface area contributed by atoms with E-state index in [2.05, 4.69) is 39.6 Å². The molecule has 0 amide bonds. The zero-order valence-electron chi connectivity index (χ0n) is 10.7. The second-order valence-electron chi connectivity index (χ2n) is 6.69. The maximum Gasteiger partial charge on any atom is 0.0178 e. The minimum absolute atomic E-state index is 0.475. The van der Waals surface area contributed by atoms with E-state index in [4.69, 9.17) is 0 Å². The molecule has 1 heteroatoms. The van der Waals surface area contributed by atoms with Crippen molar-refractivity contribution in [3.63, 3.8) is 0 Å². The summed E-state index contributed by atoms with van der Waals surface area (Å²) in [5.74, 6) is 0.935. The molecule has 86 valence electrons. The van der Waals surface area contributed by atoms with Crippen molar-refractivity contribution in [2.24, 2.45) is 16.7 Å². The second-order valence-corrected chi connectivity index (χ2v) is 6.69. The van der Waals surface area contributed by atoms with Gasteiger partial charge in [-0.2, -0.15) is 0 Å². The minimum atomic E-state index is 0.475. The van der Waals surface area contributed by atoms with Gasteiger partial charge in [-0.1, -0.05) is 32.9 Å². The van der Waals surface area contributed by atoms with Gasteiger partial charge < -0.3 is 5.32 Å².